The number of carbonyl (C=O) groups is 1. The number of hydrogen-bond donors (Lipinski definition) is 1. The molecule has 8 heteroatoms. The molecule has 1 aliphatic rings. The summed E-state index contributed by atoms with van der Waals surface area (Å²) in [6, 6.07) is 7.52. The molecule has 0 aliphatic carbocycles. The quantitative estimate of drug-likeness (QED) is 0.778. The van der Waals surface area contributed by atoms with Crippen LogP contribution in [0.15, 0.2) is 41.3 Å². The second kappa shape index (κ2) is 6.29. The zero-order chi connectivity index (χ0) is 18.3. The van der Waals surface area contributed by atoms with Gasteiger partial charge in [0.25, 0.3) is 5.91 Å². The number of ether oxygens (including phenoxy) is 1. The predicted molar refractivity (Wildman–Crippen MR) is 92.9 cm³/mol. The van der Waals surface area contributed by atoms with Gasteiger partial charge in [-0.25, -0.2) is 14.2 Å². The number of pyridine rings is 1. The lowest BCUT2D eigenvalue weighted by Crippen LogP contribution is -2.31. The van der Waals surface area contributed by atoms with Gasteiger partial charge in [-0.3, -0.25) is 9.36 Å². The Morgan fingerprint density at radius 3 is 3.00 bits per heavy atom. The summed E-state index contributed by atoms with van der Waals surface area (Å²) >= 11 is 0. The summed E-state index contributed by atoms with van der Waals surface area (Å²) in [7, 11) is 1.37. The van der Waals surface area contributed by atoms with E-state index in [0.29, 0.717) is 30.7 Å². The van der Waals surface area contributed by atoms with E-state index in [1.54, 1.807) is 27.8 Å². The second-order valence-electron chi connectivity index (χ2n) is 6.22. The van der Waals surface area contributed by atoms with Crippen LogP contribution in [0.4, 0.5) is 4.39 Å². The van der Waals surface area contributed by atoms with Gasteiger partial charge in [-0.2, -0.15) is 0 Å². The molecule has 0 spiro atoms. The van der Waals surface area contributed by atoms with Crippen molar-refractivity contribution in [2.24, 2.45) is 0 Å². The molecule has 7 nitrogen and oxygen atoms in total. The molecule has 4 rings (SSSR count). The van der Waals surface area contributed by atoms with Gasteiger partial charge in [0.1, 0.15) is 0 Å². The first-order valence-electron chi connectivity index (χ1n) is 8.26. The van der Waals surface area contributed by atoms with Gasteiger partial charge in [-0.1, -0.05) is 0 Å². The summed E-state index contributed by atoms with van der Waals surface area (Å²) in [5.74, 6) is -0.752. The third kappa shape index (κ3) is 2.63. The summed E-state index contributed by atoms with van der Waals surface area (Å²) < 4.78 is 20.3. The Morgan fingerprint density at radius 2 is 2.23 bits per heavy atom. The van der Waals surface area contributed by atoms with E-state index >= 15 is 0 Å². The highest BCUT2D eigenvalue weighted by Gasteiger charge is 2.30. The molecule has 1 aromatic carbocycles. The highest BCUT2D eigenvalue weighted by molar-refractivity contribution is 5.94. The number of aromatic nitrogens is 3. The van der Waals surface area contributed by atoms with Crippen molar-refractivity contribution >= 4 is 17.1 Å². The standard InChI is InChI=1S/C18H17FN4O3/c1-26-15-5-4-11(9-13(15)19)17(24)22-8-6-12(10-22)23-16-14(21-18(23)25)3-2-7-20-16/h2-5,7,9,12H,6,8,10H2,1H3,(H,21,25). The zero-order valence-corrected chi connectivity index (χ0v) is 14.1. The smallest absolute Gasteiger partial charge is 0.327 e. The number of nitrogens with zero attached hydrogens (tertiary/aromatic N) is 3. The van der Waals surface area contributed by atoms with Crippen LogP contribution >= 0.6 is 0 Å². The zero-order valence-electron chi connectivity index (χ0n) is 14.1. The molecule has 134 valence electrons. The monoisotopic (exact) mass is 356 g/mol. The van der Waals surface area contributed by atoms with Gasteiger partial charge < -0.3 is 14.6 Å². The first-order valence-corrected chi connectivity index (χ1v) is 8.26. The molecule has 0 bridgehead atoms. The van der Waals surface area contributed by atoms with Crippen molar-refractivity contribution in [3.8, 4) is 5.75 Å². The van der Waals surface area contributed by atoms with Crippen LogP contribution in [0.2, 0.25) is 0 Å². The van der Waals surface area contributed by atoms with Crippen LogP contribution in [0, 0.1) is 5.82 Å². The van der Waals surface area contributed by atoms with Crippen LogP contribution in [-0.2, 0) is 0 Å². The molecule has 3 heterocycles. The van der Waals surface area contributed by atoms with Gasteiger partial charge >= 0.3 is 5.69 Å². The third-order valence-electron chi connectivity index (χ3n) is 4.69. The van der Waals surface area contributed by atoms with Crippen molar-refractivity contribution in [2.75, 3.05) is 20.2 Å². The Balaban J connectivity index is 1.58. The number of imidazole rings is 1. The van der Waals surface area contributed by atoms with E-state index in [-0.39, 0.29) is 29.0 Å². The first-order chi connectivity index (χ1) is 12.6. The molecule has 1 amide bonds. The normalized spacial score (nSPS) is 17.0. The van der Waals surface area contributed by atoms with Crippen LogP contribution < -0.4 is 10.4 Å². The van der Waals surface area contributed by atoms with E-state index in [0.717, 1.165) is 0 Å². The van der Waals surface area contributed by atoms with Crippen LogP contribution in [0.5, 0.6) is 5.75 Å². The minimum absolute atomic E-state index is 0.0947. The molecule has 2 aromatic heterocycles. The fraction of sp³-hybridized carbons (Fsp3) is 0.278. The van der Waals surface area contributed by atoms with Gasteiger partial charge in [0, 0.05) is 24.8 Å². The SMILES string of the molecule is COc1ccc(C(=O)N2CCC(n3c(=O)[nH]c4cccnc43)C2)cc1F. The molecule has 1 saturated heterocycles. The molecule has 1 aliphatic heterocycles. The van der Waals surface area contributed by atoms with Crippen molar-refractivity contribution in [1.82, 2.24) is 19.4 Å². The molecule has 1 fully saturated rings. The largest absolute Gasteiger partial charge is 0.494 e. The number of H-pyrrole nitrogens is 1. The average molecular weight is 356 g/mol. The van der Waals surface area contributed by atoms with Crippen molar-refractivity contribution in [3.05, 3.63) is 58.4 Å². The van der Waals surface area contributed by atoms with E-state index in [4.69, 9.17) is 4.74 Å². The number of likely N-dealkylation sites (tertiary alicyclic amines) is 1. The minimum atomic E-state index is -0.578. The Hall–Kier alpha value is -3.16. The van der Waals surface area contributed by atoms with Crippen molar-refractivity contribution in [1.29, 1.82) is 0 Å². The summed E-state index contributed by atoms with van der Waals surface area (Å²) in [6.45, 7) is 0.860. The minimum Gasteiger partial charge on any atom is -0.494 e. The molecule has 1 atom stereocenters. The molecule has 1 unspecified atom stereocenters. The van der Waals surface area contributed by atoms with E-state index in [1.165, 1.54) is 25.3 Å². The van der Waals surface area contributed by atoms with Gasteiger partial charge in [-0.15, -0.1) is 0 Å². The fourth-order valence-corrected chi connectivity index (χ4v) is 3.42. The molecular formula is C18H17FN4O3. The molecule has 0 saturated carbocycles. The topological polar surface area (TPSA) is 80.2 Å². The Morgan fingerprint density at radius 1 is 1.38 bits per heavy atom. The first kappa shape index (κ1) is 16.3. The molecule has 1 N–H and O–H groups in total. The number of hydrogen-bond acceptors (Lipinski definition) is 4. The van der Waals surface area contributed by atoms with Gasteiger partial charge in [-0.05, 0) is 36.8 Å². The van der Waals surface area contributed by atoms with Crippen LogP contribution in [0.1, 0.15) is 22.8 Å². The van der Waals surface area contributed by atoms with Crippen LogP contribution in [0.3, 0.4) is 0 Å². The van der Waals surface area contributed by atoms with E-state index in [2.05, 4.69) is 9.97 Å². The summed E-state index contributed by atoms with van der Waals surface area (Å²) in [4.78, 5) is 33.6. The lowest BCUT2D eigenvalue weighted by molar-refractivity contribution is 0.0787. The van der Waals surface area contributed by atoms with E-state index < -0.39 is 5.82 Å². The number of carbonyl (C=O) groups excluding carboxylic acids is 1. The number of nitrogens with one attached hydrogen (secondary N) is 1. The maximum Gasteiger partial charge on any atom is 0.327 e. The Bertz CT molecular complexity index is 1040. The van der Waals surface area contributed by atoms with Crippen molar-refractivity contribution < 1.29 is 13.9 Å². The summed E-state index contributed by atoms with van der Waals surface area (Å²) in [5.41, 5.74) is 1.26. The third-order valence-corrected chi connectivity index (χ3v) is 4.69. The fourth-order valence-electron chi connectivity index (χ4n) is 3.42. The number of methoxy groups -OCH3 is 1. The molecular weight excluding hydrogens is 339 g/mol. The second-order valence-corrected chi connectivity index (χ2v) is 6.22. The van der Waals surface area contributed by atoms with E-state index in [9.17, 15) is 14.0 Å². The molecule has 0 radical (unpaired) electrons. The Kier molecular flexibility index (Phi) is 3.95. The van der Waals surface area contributed by atoms with Gasteiger partial charge in [0.15, 0.2) is 17.2 Å². The molecule has 26 heavy (non-hydrogen) atoms. The van der Waals surface area contributed by atoms with Crippen LogP contribution in [0.25, 0.3) is 11.2 Å². The lowest BCUT2D eigenvalue weighted by atomic mass is 10.2. The summed E-state index contributed by atoms with van der Waals surface area (Å²) in [6.07, 6.45) is 2.26. The number of fused-ring (bicyclic) bond motifs is 1. The maximum atomic E-state index is 13.9. The van der Waals surface area contributed by atoms with Gasteiger partial charge in [0.2, 0.25) is 0 Å². The number of aromatic amines is 1. The number of halogens is 1. The predicted octanol–water partition coefficient (Wildman–Crippen LogP) is 1.96. The lowest BCUT2D eigenvalue weighted by Gasteiger charge is -2.17. The highest BCUT2D eigenvalue weighted by atomic mass is 19.1. The van der Waals surface area contributed by atoms with Gasteiger partial charge in [0.05, 0.1) is 18.7 Å². The average Bonchev–Trinajstić information content (AvgIpc) is 3.24. The number of rotatable bonds is 3. The summed E-state index contributed by atoms with van der Waals surface area (Å²) in [5, 5.41) is 0. The maximum absolute atomic E-state index is 13.9. The van der Waals surface area contributed by atoms with Crippen LogP contribution in [-0.4, -0.2) is 45.5 Å². The number of amides is 1. The van der Waals surface area contributed by atoms with E-state index in [1.807, 2.05) is 0 Å². The highest BCUT2D eigenvalue weighted by Crippen LogP contribution is 2.25. The van der Waals surface area contributed by atoms with Crippen molar-refractivity contribution in [2.45, 2.75) is 12.5 Å². The Labute approximate surface area is 148 Å². The van der Waals surface area contributed by atoms with Crippen molar-refractivity contribution in [3.63, 3.8) is 0 Å². The number of benzene rings is 1. The molecule has 3 aromatic rings.